The fraction of sp³-hybridized carbons (Fsp3) is 0.143. The Labute approximate surface area is 123 Å². The van der Waals surface area contributed by atoms with E-state index in [1.54, 1.807) is 6.07 Å². The van der Waals surface area contributed by atoms with Gasteiger partial charge in [0.05, 0.1) is 5.52 Å². The van der Waals surface area contributed by atoms with Crippen molar-refractivity contribution in [1.29, 1.82) is 0 Å². The van der Waals surface area contributed by atoms with Crippen molar-refractivity contribution in [3.63, 3.8) is 0 Å². The summed E-state index contributed by atoms with van der Waals surface area (Å²) >= 11 is 3.35. The van der Waals surface area contributed by atoms with E-state index in [1.165, 1.54) is 12.1 Å². The Bertz CT molecular complexity index is 782. The van der Waals surface area contributed by atoms with Crippen molar-refractivity contribution in [2.24, 2.45) is 0 Å². The number of hydrogen-bond donors (Lipinski definition) is 1. The van der Waals surface area contributed by atoms with Crippen LogP contribution < -0.4 is 4.90 Å². The van der Waals surface area contributed by atoms with Crippen LogP contribution in [0.2, 0.25) is 0 Å². The number of halogens is 2. The van der Waals surface area contributed by atoms with Gasteiger partial charge in [-0.3, -0.25) is 0 Å². The molecule has 0 radical (unpaired) electrons. The van der Waals surface area contributed by atoms with E-state index in [4.69, 9.17) is 0 Å². The number of nitrogens with one attached hydrogen (secondary N) is 1. The molecule has 1 N–H and O–H groups in total. The van der Waals surface area contributed by atoms with Gasteiger partial charge in [0.25, 0.3) is 0 Å². The van der Waals surface area contributed by atoms with Crippen LogP contribution in [-0.4, -0.2) is 29.0 Å². The lowest BCUT2D eigenvalue weighted by molar-refractivity contribution is 0.627. The molecule has 102 valence electrons. The van der Waals surface area contributed by atoms with Gasteiger partial charge in [-0.1, -0.05) is 0 Å². The molecular weight excluding hydrogens is 323 g/mol. The number of anilines is 1. The first kappa shape index (κ1) is 13.1. The van der Waals surface area contributed by atoms with Crippen LogP contribution in [0.5, 0.6) is 0 Å². The summed E-state index contributed by atoms with van der Waals surface area (Å²) in [5, 5.41) is 0. The van der Waals surface area contributed by atoms with E-state index in [-0.39, 0.29) is 5.82 Å². The fourth-order valence-electron chi connectivity index (χ4n) is 1.94. The van der Waals surface area contributed by atoms with Gasteiger partial charge in [0.15, 0.2) is 5.65 Å². The Morgan fingerprint density at radius 2 is 1.95 bits per heavy atom. The van der Waals surface area contributed by atoms with E-state index < -0.39 is 0 Å². The molecule has 6 heteroatoms. The standard InChI is InChI=1S/C14H12BrFN4/c1-20(2)12-6-5-11-14(18-12)19-13(17-11)9-4-3-8(16)7-10(9)15/h3-7H,1-2H3,(H,17,18,19). The summed E-state index contributed by atoms with van der Waals surface area (Å²) in [6.07, 6.45) is 0. The summed E-state index contributed by atoms with van der Waals surface area (Å²) in [6.45, 7) is 0. The number of fused-ring (bicyclic) bond motifs is 1. The molecule has 0 bridgehead atoms. The molecule has 1 aromatic carbocycles. The number of aromatic amines is 1. The predicted molar refractivity (Wildman–Crippen MR) is 81.3 cm³/mol. The van der Waals surface area contributed by atoms with Crippen molar-refractivity contribution >= 4 is 32.9 Å². The molecule has 0 spiro atoms. The topological polar surface area (TPSA) is 44.8 Å². The lowest BCUT2D eigenvalue weighted by Crippen LogP contribution is -2.10. The summed E-state index contributed by atoms with van der Waals surface area (Å²) in [7, 11) is 3.86. The van der Waals surface area contributed by atoms with Crippen molar-refractivity contribution in [3.05, 3.63) is 40.6 Å². The van der Waals surface area contributed by atoms with Crippen molar-refractivity contribution in [2.75, 3.05) is 19.0 Å². The zero-order valence-electron chi connectivity index (χ0n) is 11.0. The Morgan fingerprint density at radius 1 is 1.15 bits per heavy atom. The number of nitrogens with zero attached hydrogens (tertiary/aromatic N) is 3. The molecule has 0 aliphatic carbocycles. The average Bonchev–Trinajstić information content (AvgIpc) is 2.80. The van der Waals surface area contributed by atoms with Gasteiger partial charge in [-0.15, -0.1) is 0 Å². The summed E-state index contributed by atoms with van der Waals surface area (Å²) in [5.74, 6) is 1.22. The van der Waals surface area contributed by atoms with Gasteiger partial charge < -0.3 is 9.88 Å². The molecule has 20 heavy (non-hydrogen) atoms. The maximum Gasteiger partial charge on any atom is 0.180 e. The quantitative estimate of drug-likeness (QED) is 0.778. The average molecular weight is 335 g/mol. The number of rotatable bonds is 2. The number of aromatic nitrogens is 3. The minimum absolute atomic E-state index is 0.287. The number of pyridine rings is 1. The zero-order valence-corrected chi connectivity index (χ0v) is 12.6. The summed E-state index contributed by atoms with van der Waals surface area (Å²) in [5.41, 5.74) is 2.29. The van der Waals surface area contributed by atoms with E-state index in [0.29, 0.717) is 15.9 Å². The van der Waals surface area contributed by atoms with Crippen molar-refractivity contribution in [3.8, 4) is 11.4 Å². The van der Waals surface area contributed by atoms with Crippen LogP contribution >= 0.6 is 15.9 Å². The lowest BCUT2D eigenvalue weighted by Gasteiger charge is -2.09. The van der Waals surface area contributed by atoms with Gasteiger partial charge in [0.2, 0.25) is 0 Å². The van der Waals surface area contributed by atoms with Gasteiger partial charge >= 0.3 is 0 Å². The molecule has 0 aliphatic heterocycles. The van der Waals surface area contributed by atoms with Gasteiger partial charge in [-0.2, -0.15) is 0 Å². The third kappa shape index (κ3) is 2.27. The Hall–Kier alpha value is -1.95. The normalized spacial score (nSPS) is 11.0. The molecule has 0 atom stereocenters. The zero-order chi connectivity index (χ0) is 14.3. The van der Waals surface area contributed by atoms with Crippen LogP contribution in [0.25, 0.3) is 22.6 Å². The molecule has 0 unspecified atom stereocenters. The molecule has 0 fully saturated rings. The maximum absolute atomic E-state index is 13.1. The Kier molecular flexibility index (Phi) is 3.17. The summed E-state index contributed by atoms with van der Waals surface area (Å²) in [4.78, 5) is 14.0. The molecule has 0 saturated carbocycles. The van der Waals surface area contributed by atoms with Gasteiger partial charge in [0, 0.05) is 24.1 Å². The van der Waals surface area contributed by atoms with E-state index in [9.17, 15) is 4.39 Å². The largest absolute Gasteiger partial charge is 0.363 e. The molecule has 4 nitrogen and oxygen atoms in total. The van der Waals surface area contributed by atoms with Crippen LogP contribution in [0.1, 0.15) is 0 Å². The maximum atomic E-state index is 13.1. The number of benzene rings is 1. The molecule has 3 rings (SSSR count). The van der Waals surface area contributed by atoms with Crippen LogP contribution in [-0.2, 0) is 0 Å². The Balaban J connectivity index is 2.13. The van der Waals surface area contributed by atoms with Crippen molar-refractivity contribution in [2.45, 2.75) is 0 Å². The number of imidazole rings is 1. The minimum Gasteiger partial charge on any atom is -0.363 e. The van der Waals surface area contributed by atoms with Gasteiger partial charge in [0.1, 0.15) is 17.5 Å². The minimum atomic E-state index is -0.287. The fourth-order valence-corrected chi connectivity index (χ4v) is 2.48. The predicted octanol–water partition coefficient (Wildman–Crippen LogP) is 3.59. The van der Waals surface area contributed by atoms with E-state index in [2.05, 4.69) is 30.9 Å². The van der Waals surface area contributed by atoms with Crippen LogP contribution in [0.3, 0.4) is 0 Å². The van der Waals surface area contributed by atoms with Crippen LogP contribution in [0.4, 0.5) is 10.2 Å². The highest BCUT2D eigenvalue weighted by Gasteiger charge is 2.11. The molecule has 0 saturated heterocycles. The highest BCUT2D eigenvalue weighted by atomic mass is 79.9. The van der Waals surface area contributed by atoms with Gasteiger partial charge in [-0.05, 0) is 46.3 Å². The smallest absolute Gasteiger partial charge is 0.180 e. The molecule has 0 aliphatic rings. The molecule has 2 aromatic heterocycles. The van der Waals surface area contributed by atoms with Crippen LogP contribution in [0.15, 0.2) is 34.8 Å². The van der Waals surface area contributed by atoms with Gasteiger partial charge in [-0.25, -0.2) is 14.4 Å². The highest BCUT2D eigenvalue weighted by Crippen LogP contribution is 2.28. The lowest BCUT2D eigenvalue weighted by atomic mass is 10.2. The molecular formula is C14H12BrFN4. The highest BCUT2D eigenvalue weighted by molar-refractivity contribution is 9.10. The van der Waals surface area contributed by atoms with Crippen molar-refractivity contribution in [1.82, 2.24) is 15.0 Å². The monoisotopic (exact) mass is 334 g/mol. The van der Waals surface area contributed by atoms with E-state index in [0.717, 1.165) is 16.9 Å². The first-order valence-corrected chi connectivity index (χ1v) is 6.83. The molecule has 0 amide bonds. The summed E-state index contributed by atoms with van der Waals surface area (Å²) in [6, 6.07) is 8.37. The summed E-state index contributed by atoms with van der Waals surface area (Å²) < 4.78 is 13.8. The SMILES string of the molecule is CN(C)c1ccc2[nH]c(-c3ccc(F)cc3Br)nc2n1. The number of hydrogen-bond acceptors (Lipinski definition) is 3. The second-order valence-electron chi connectivity index (χ2n) is 4.64. The number of H-pyrrole nitrogens is 1. The second kappa shape index (κ2) is 4.86. The van der Waals surface area contributed by atoms with Crippen LogP contribution in [0, 0.1) is 5.82 Å². The molecule has 3 aromatic rings. The molecule has 2 heterocycles. The third-order valence-corrected chi connectivity index (χ3v) is 3.63. The first-order valence-electron chi connectivity index (χ1n) is 6.04. The van der Waals surface area contributed by atoms with E-state index in [1.807, 2.05) is 31.1 Å². The van der Waals surface area contributed by atoms with Crippen molar-refractivity contribution < 1.29 is 4.39 Å². The second-order valence-corrected chi connectivity index (χ2v) is 5.50. The Morgan fingerprint density at radius 3 is 2.65 bits per heavy atom. The third-order valence-electron chi connectivity index (χ3n) is 2.98. The first-order chi connectivity index (χ1) is 9.54. The van der Waals surface area contributed by atoms with E-state index >= 15 is 0 Å².